The van der Waals surface area contributed by atoms with Gasteiger partial charge in [0.15, 0.2) is 6.10 Å². The third kappa shape index (κ3) is 7.27. The Bertz CT molecular complexity index is 890. The lowest BCUT2D eigenvalue weighted by Gasteiger charge is -2.31. The number of hydrogen-bond acceptors (Lipinski definition) is 5. The normalized spacial score (nSPS) is 15.4. The molecular weight excluding hydrogens is 451 g/mol. The lowest BCUT2D eigenvalue weighted by molar-refractivity contribution is -0.127. The first kappa shape index (κ1) is 24.6. The van der Waals surface area contributed by atoms with Crippen LogP contribution in [0.3, 0.4) is 0 Å². The molecule has 1 heterocycles. The molecule has 32 heavy (non-hydrogen) atoms. The summed E-state index contributed by atoms with van der Waals surface area (Å²) < 4.78 is 17.0. The second-order valence-electron chi connectivity index (χ2n) is 7.85. The summed E-state index contributed by atoms with van der Waals surface area (Å²) in [7, 11) is 2.13. The molecule has 1 fully saturated rings. The van der Waals surface area contributed by atoms with E-state index < -0.39 is 6.10 Å². The second-order valence-corrected chi connectivity index (χ2v) is 8.64. The molecule has 2 aromatic rings. The van der Waals surface area contributed by atoms with Crippen LogP contribution in [0.5, 0.6) is 11.5 Å². The lowest BCUT2D eigenvalue weighted by atomic mass is 10.1. The third-order valence-electron chi connectivity index (χ3n) is 5.48. The van der Waals surface area contributed by atoms with Crippen LogP contribution in [0.15, 0.2) is 42.5 Å². The summed E-state index contributed by atoms with van der Waals surface area (Å²) in [5.41, 5.74) is 0.946. The van der Waals surface area contributed by atoms with Crippen molar-refractivity contribution in [1.29, 1.82) is 0 Å². The Morgan fingerprint density at radius 1 is 1.22 bits per heavy atom. The second kappa shape index (κ2) is 12.3. The number of rotatable bonds is 10. The maximum atomic E-state index is 12.4. The molecule has 174 valence electrons. The fraction of sp³-hybridized carbons (Fsp3) is 0.458. The topological polar surface area (TPSA) is 60.0 Å². The monoisotopic (exact) mass is 480 g/mol. The summed E-state index contributed by atoms with van der Waals surface area (Å²) in [5, 5.41) is 3.56. The van der Waals surface area contributed by atoms with Crippen LogP contribution in [-0.4, -0.2) is 56.4 Å². The molecule has 0 radical (unpaired) electrons. The Kier molecular flexibility index (Phi) is 9.48. The van der Waals surface area contributed by atoms with Gasteiger partial charge in [-0.2, -0.15) is 0 Å². The van der Waals surface area contributed by atoms with Gasteiger partial charge in [0.05, 0.1) is 5.02 Å². The van der Waals surface area contributed by atoms with Crippen LogP contribution in [0.25, 0.3) is 0 Å². The average Bonchev–Trinajstić information content (AvgIpc) is 2.81. The highest BCUT2D eigenvalue weighted by Gasteiger charge is 2.18. The van der Waals surface area contributed by atoms with Crippen molar-refractivity contribution in [3.05, 3.63) is 58.1 Å². The van der Waals surface area contributed by atoms with Gasteiger partial charge < -0.3 is 19.5 Å². The minimum absolute atomic E-state index is 0.245. The molecular formula is C24H30Cl2N2O4. The van der Waals surface area contributed by atoms with E-state index in [1.807, 2.05) is 24.3 Å². The largest absolute Gasteiger partial charge is 0.492 e. The van der Waals surface area contributed by atoms with Gasteiger partial charge in [-0.15, -0.1) is 0 Å². The van der Waals surface area contributed by atoms with E-state index in [0.717, 1.165) is 43.9 Å². The van der Waals surface area contributed by atoms with Crippen LogP contribution >= 0.6 is 23.2 Å². The van der Waals surface area contributed by atoms with Crippen molar-refractivity contribution >= 4 is 29.1 Å². The molecule has 6 nitrogen and oxygen atoms in total. The lowest BCUT2D eigenvalue weighted by Crippen LogP contribution is -2.38. The highest BCUT2D eigenvalue weighted by atomic mass is 35.5. The molecule has 1 aliphatic rings. The van der Waals surface area contributed by atoms with Crippen LogP contribution in [0, 0.1) is 0 Å². The number of nitrogens with one attached hydrogen (secondary N) is 1. The molecule has 1 aliphatic heterocycles. The number of nitrogens with zero attached hydrogens (tertiary/aromatic N) is 1. The smallest absolute Gasteiger partial charge is 0.261 e. The Morgan fingerprint density at radius 2 is 1.97 bits per heavy atom. The molecule has 0 spiro atoms. The van der Waals surface area contributed by atoms with Crippen LogP contribution in [0.4, 0.5) is 0 Å². The zero-order chi connectivity index (χ0) is 22.9. The summed E-state index contributed by atoms with van der Waals surface area (Å²) in [6.45, 7) is 5.16. The van der Waals surface area contributed by atoms with Gasteiger partial charge in [-0.05, 0) is 56.6 Å². The first-order chi connectivity index (χ1) is 15.4. The van der Waals surface area contributed by atoms with Crippen molar-refractivity contribution in [2.24, 2.45) is 0 Å². The summed E-state index contributed by atoms with van der Waals surface area (Å²) in [6, 6.07) is 13.4. The van der Waals surface area contributed by atoms with E-state index in [-0.39, 0.29) is 5.91 Å². The van der Waals surface area contributed by atoms with Gasteiger partial charge in [0.25, 0.3) is 5.91 Å². The fourth-order valence-corrected chi connectivity index (χ4v) is 3.85. The van der Waals surface area contributed by atoms with E-state index in [1.54, 1.807) is 25.1 Å². The van der Waals surface area contributed by atoms with Gasteiger partial charge in [0.2, 0.25) is 0 Å². The Hall–Kier alpha value is -1.99. The van der Waals surface area contributed by atoms with Gasteiger partial charge in [-0.3, -0.25) is 9.69 Å². The van der Waals surface area contributed by atoms with Gasteiger partial charge in [-0.25, -0.2) is 0 Å². The summed E-state index contributed by atoms with van der Waals surface area (Å²) >= 11 is 12.1. The molecule has 0 bridgehead atoms. The molecule has 1 amide bonds. The van der Waals surface area contributed by atoms with E-state index in [1.165, 1.54) is 0 Å². The maximum Gasteiger partial charge on any atom is 0.261 e. The van der Waals surface area contributed by atoms with Crippen LogP contribution in [0.1, 0.15) is 25.3 Å². The van der Waals surface area contributed by atoms with Crippen LogP contribution in [0.2, 0.25) is 10.0 Å². The van der Waals surface area contributed by atoms with Crippen molar-refractivity contribution in [2.45, 2.75) is 38.5 Å². The number of carbonyl (C=O) groups excluding carboxylic acids is 1. The number of hydrogen-bond donors (Lipinski definition) is 1. The summed E-state index contributed by atoms with van der Waals surface area (Å²) in [6.07, 6.45) is 1.42. The molecule has 1 unspecified atom stereocenters. The van der Waals surface area contributed by atoms with Crippen molar-refractivity contribution in [1.82, 2.24) is 10.2 Å². The van der Waals surface area contributed by atoms with Gasteiger partial charge in [0, 0.05) is 32.3 Å². The van der Waals surface area contributed by atoms with E-state index in [0.29, 0.717) is 35.0 Å². The molecule has 1 atom stereocenters. The molecule has 0 aliphatic carbocycles. The molecule has 0 saturated carbocycles. The number of halogens is 2. The standard InChI is InChI=1S/C24H30Cl2N2O4/c1-17(32-22-8-4-7-21(25)23(22)26)24(29)27-16-18-5-3-6-20(15-18)31-14-11-28(2)19-9-12-30-13-10-19/h3-8,15,17,19H,9-14,16H2,1-2H3,(H,27,29). The first-order valence-electron chi connectivity index (χ1n) is 10.8. The minimum atomic E-state index is -0.717. The minimum Gasteiger partial charge on any atom is -0.492 e. The molecule has 2 aromatic carbocycles. The number of ether oxygens (including phenoxy) is 3. The zero-order valence-corrected chi connectivity index (χ0v) is 20.0. The van der Waals surface area contributed by atoms with Gasteiger partial charge in [0.1, 0.15) is 23.1 Å². The highest BCUT2D eigenvalue weighted by molar-refractivity contribution is 6.42. The molecule has 0 aromatic heterocycles. The molecule has 3 rings (SSSR count). The first-order valence-corrected chi connectivity index (χ1v) is 11.6. The maximum absolute atomic E-state index is 12.4. The average molecular weight is 481 g/mol. The Balaban J connectivity index is 1.43. The number of benzene rings is 2. The fourth-order valence-electron chi connectivity index (χ4n) is 3.51. The highest BCUT2D eigenvalue weighted by Crippen LogP contribution is 2.32. The van der Waals surface area contributed by atoms with E-state index in [9.17, 15) is 4.79 Å². The zero-order valence-electron chi connectivity index (χ0n) is 18.5. The van der Waals surface area contributed by atoms with Crippen molar-refractivity contribution in [3.8, 4) is 11.5 Å². The summed E-state index contributed by atoms with van der Waals surface area (Å²) in [4.78, 5) is 14.8. The molecule has 1 N–H and O–H groups in total. The third-order valence-corrected chi connectivity index (χ3v) is 6.28. The van der Waals surface area contributed by atoms with E-state index in [2.05, 4.69) is 17.3 Å². The Labute approximate surface area is 199 Å². The number of carbonyl (C=O) groups is 1. The van der Waals surface area contributed by atoms with Gasteiger partial charge in [-0.1, -0.05) is 41.4 Å². The van der Waals surface area contributed by atoms with Crippen molar-refractivity contribution < 1.29 is 19.0 Å². The van der Waals surface area contributed by atoms with Gasteiger partial charge >= 0.3 is 0 Å². The predicted molar refractivity (Wildman–Crippen MR) is 127 cm³/mol. The number of likely N-dealkylation sites (N-methyl/N-ethyl adjacent to an activating group) is 1. The van der Waals surface area contributed by atoms with Crippen LogP contribution in [-0.2, 0) is 16.1 Å². The quantitative estimate of drug-likeness (QED) is 0.539. The van der Waals surface area contributed by atoms with E-state index in [4.69, 9.17) is 37.4 Å². The SMILES string of the molecule is CC(Oc1cccc(Cl)c1Cl)C(=O)NCc1cccc(OCCN(C)C2CCOCC2)c1. The van der Waals surface area contributed by atoms with Crippen molar-refractivity contribution in [3.63, 3.8) is 0 Å². The predicted octanol–water partition coefficient (Wildman–Crippen LogP) is 4.57. The van der Waals surface area contributed by atoms with Crippen molar-refractivity contribution in [2.75, 3.05) is 33.4 Å². The molecule has 1 saturated heterocycles. The Morgan fingerprint density at radius 3 is 2.75 bits per heavy atom. The van der Waals surface area contributed by atoms with E-state index >= 15 is 0 Å². The number of amides is 1. The molecule has 8 heteroatoms. The van der Waals surface area contributed by atoms with Crippen LogP contribution < -0.4 is 14.8 Å². The summed E-state index contributed by atoms with van der Waals surface area (Å²) in [5.74, 6) is 0.917.